The van der Waals surface area contributed by atoms with E-state index in [-0.39, 0.29) is 18.0 Å². The van der Waals surface area contributed by atoms with Crippen molar-refractivity contribution in [3.05, 3.63) is 72.6 Å². The highest BCUT2D eigenvalue weighted by Gasteiger charge is 2.21. The van der Waals surface area contributed by atoms with Crippen LogP contribution in [-0.4, -0.2) is 32.9 Å². The van der Waals surface area contributed by atoms with Crippen LogP contribution in [0.2, 0.25) is 0 Å². The second kappa shape index (κ2) is 7.63. The second-order valence-corrected chi connectivity index (χ2v) is 7.88. The molecule has 0 saturated heterocycles. The Morgan fingerprint density at radius 3 is 2.24 bits per heavy atom. The van der Waals surface area contributed by atoms with Crippen molar-refractivity contribution >= 4 is 27.6 Å². The maximum absolute atomic E-state index is 13.0. The first-order chi connectivity index (χ1) is 14.0. The minimum Gasteiger partial charge on any atom is -0.334 e. The van der Waals surface area contributed by atoms with E-state index in [0.29, 0.717) is 5.56 Å². The van der Waals surface area contributed by atoms with Gasteiger partial charge in [0, 0.05) is 46.4 Å². The second-order valence-electron chi connectivity index (χ2n) is 7.88. The van der Waals surface area contributed by atoms with E-state index in [2.05, 4.69) is 22.1 Å². The molecule has 1 amide bonds. The van der Waals surface area contributed by atoms with Gasteiger partial charge in [-0.05, 0) is 51.3 Å². The molecule has 0 radical (unpaired) electrons. The molecule has 2 aromatic heterocycles. The summed E-state index contributed by atoms with van der Waals surface area (Å²) in [7, 11) is 0. The summed E-state index contributed by atoms with van der Waals surface area (Å²) in [5, 5.41) is 3.26. The summed E-state index contributed by atoms with van der Waals surface area (Å²) in [6.45, 7) is 8.18. The molecule has 0 aliphatic heterocycles. The number of hydrogen-bond acceptors (Lipinski definition) is 3. The number of pyridine rings is 2. The summed E-state index contributed by atoms with van der Waals surface area (Å²) in [6, 6.07) is 18.2. The minimum atomic E-state index is 0.0551. The van der Waals surface area contributed by atoms with Crippen LogP contribution in [0.3, 0.4) is 0 Å². The van der Waals surface area contributed by atoms with Crippen LogP contribution in [0.4, 0.5) is 0 Å². The van der Waals surface area contributed by atoms with Crippen LogP contribution >= 0.6 is 0 Å². The number of aromatic nitrogens is 2. The predicted molar refractivity (Wildman–Crippen MR) is 119 cm³/mol. The summed E-state index contributed by atoms with van der Waals surface area (Å²) in [5.41, 5.74) is 3.47. The lowest BCUT2D eigenvalue weighted by Crippen LogP contribution is -2.42. The maximum atomic E-state index is 13.0. The van der Waals surface area contributed by atoms with E-state index < -0.39 is 0 Å². The molecule has 0 N–H and O–H groups in total. The third-order valence-electron chi connectivity index (χ3n) is 5.25. The topological polar surface area (TPSA) is 46.1 Å². The number of fused-ring (bicyclic) bond motifs is 3. The molecule has 29 heavy (non-hydrogen) atoms. The number of amides is 1. The predicted octanol–water partition coefficient (Wildman–Crippen LogP) is 5.71. The number of nitrogens with zero attached hydrogens (tertiary/aromatic N) is 3. The summed E-state index contributed by atoms with van der Waals surface area (Å²) >= 11 is 0. The van der Waals surface area contributed by atoms with Gasteiger partial charge in [-0.1, -0.05) is 36.4 Å². The maximum Gasteiger partial charge on any atom is 0.254 e. The quantitative estimate of drug-likeness (QED) is 0.424. The minimum absolute atomic E-state index is 0.0551. The first kappa shape index (κ1) is 19.1. The zero-order chi connectivity index (χ0) is 20.5. The van der Waals surface area contributed by atoms with Crippen molar-refractivity contribution < 1.29 is 4.79 Å². The highest BCUT2D eigenvalue weighted by Crippen LogP contribution is 2.31. The van der Waals surface area contributed by atoms with Crippen molar-refractivity contribution in [1.29, 1.82) is 0 Å². The standard InChI is InChI=1S/C25H25N3O/c1-16(2)28(17(3)4)25(29)19-11-9-18(10-12-19)24-23-21-8-6-5-7-20(21)15-27-22(23)13-14-26-24/h5-17H,1-4H3. The number of benzene rings is 2. The van der Waals surface area contributed by atoms with E-state index in [1.807, 2.05) is 81.3 Å². The summed E-state index contributed by atoms with van der Waals surface area (Å²) in [4.78, 5) is 24.1. The van der Waals surface area contributed by atoms with Crippen molar-refractivity contribution in [2.24, 2.45) is 0 Å². The molecule has 4 nitrogen and oxygen atoms in total. The van der Waals surface area contributed by atoms with Gasteiger partial charge in [-0.15, -0.1) is 0 Å². The highest BCUT2D eigenvalue weighted by atomic mass is 16.2. The highest BCUT2D eigenvalue weighted by molar-refractivity contribution is 6.11. The molecule has 2 heterocycles. The number of rotatable bonds is 4. The lowest BCUT2D eigenvalue weighted by molar-refractivity contribution is 0.0644. The zero-order valence-electron chi connectivity index (χ0n) is 17.3. The van der Waals surface area contributed by atoms with Crippen LogP contribution in [0.1, 0.15) is 38.1 Å². The van der Waals surface area contributed by atoms with E-state index in [1.165, 1.54) is 0 Å². The van der Waals surface area contributed by atoms with Gasteiger partial charge >= 0.3 is 0 Å². The fourth-order valence-electron chi connectivity index (χ4n) is 4.00. The fourth-order valence-corrected chi connectivity index (χ4v) is 4.00. The molecule has 2 aromatic carbocycles. The van der Waals surface area contributed by atoms with Gasteiger partial charge in [0.15, 0.2) is 0 Å². The molecule has 0 aliphatic carbocycles. The largest absolute Gasteiger partial charge is 0.334 e. The van der Waals surface area contributed by atoms with E-state index in [0.717, 1.165) is 32.9 Å². The van der Waals surface area contributed by atoms with Crippen LogP contribution in [0.25, 0.3) is 32.9 Å². The summed E-state index contributed by atoms with van der Waals surface area (Å²) in [5.74, 6) is 0.0551. The molecule has 0 saturated carbocycles. The summed E-state index contributed by atoms with van der Waals surface area (Å²) in [6.07, 6.45) is 3.69. The van der Waals surface area contributed by atoms with Crippen LogP contribution < -0.4 is 0 Å². The average Bonchev–Trinajstić information content (AvgIpc) is 2.72. The number of carbonyl (C=O) groups is 1. The first-order valence-electron chi connectivity index (χ1n) is 10.0. The normalized spacial score (nSPS) is 11.5. The van der Waals surface area contributed by atoms with E-state index in [1.54, 1.807) is 6.20 Å². The van der Waals surface area contributed by atoms with Crippen molar-refractivity contribution in [2.75, 3.05) is 0 Å². The molecule has 4 aromatic rings. The average molecular weight is 383 g/mol. The third kappa shape index (κ3) is 3.46. The molecule has 0 fully saturated rings. The molecule has 0 spiro atoms. The van der Waals surface area contributed by atoms with Crippen molar-refractivity contribution in [2.45, 2.75) is 39.8 Å². The molecular weight excluding hydrogens is 358 g/mol. The third-order valence-corrected chi connectivity index (χ3v) is 5.25. The van der Waals surface area contributed by atoms with Gasteiger partial charge in [0.05, 0.1) is 11.2 Å². The Labute approximate surface area is 171 Å². The van der Waals surface area contributed by atoms with E-state index in [4.69, 9.17) is 0 Å². The SMILES string of the molecule is CC(C)N(C(=O)c1ccc(-c2nccc3ncc4ccccc4c23)cc1)C(C)C. The Bertz CT molecular complexity index is 1170. The van der Waals surface area contributed by atoms with E-state index >= 15 is 0 Å². The number of hydrogen-bond donors (Lipinski definition) is 0. The smallest absolute Gasteiger partial charge is 0.254 e. The number of carbonyl (C=O) groups excluding carboxylic acids is 1. The van der Waals surface area contributed by atoms with Crippen LogP contribution in [0.15, 0.2) is 67.0 Å². The molecule has 0 atom stereocenters. The molecular formula is C25H25N3O. The van der Waals surface area contributed by atoms with Crippen molar-refractivity contribution in [1.82, 2.24) is 14.9 Å². The van der Waals surface area contributed by atoms with Gasteiger partial charge in [-0.3, -0.25) is 14.8 Å². The van der Waals surface area contributed by atoms with Gasteiger partial charge in [0.1, 0.15) is 0 Å². The molecule has 4 rings (SSSR count). The lowest BCUT2D eigenvalue weighted by Gasteiger charge is -2.30. The Kier molecular flexibility index (Phi) is 5.01. The molecule has 146 valence electrons. The molecule has 0 bridgehead atoms. The zero-order valence-corrected chi connectivity index (χ0v) is 17.3. The van der Waals surface area contributed by atoms with E-state index in [9.17, 15) is 4.79 Å². The first-order valence-corrected chi connectivity index (χ1v) is 10.0. The Hall–Kier alpha value is -3.27. The lowest BCUT2D eigenvalue weighted by atomic mass is 10.00. The van der Waals surface area contributed by atoms with Crippen LogP contribution in [-0.2, 0) is 0 Å². The van der Waals surface area contributed by atoms with Gasteiger partial charge in [-0.2, -0.15) is 0 Å². The van der Waals surface area contributed by atoms with Crippen molar-refractivity contribution in [3.8, 4) is 11.3 Å². The summed E-state index contributed by atoms with van der Waals surface area (Å²) < 4.78 is 0. The Balaban J connectivity index is 1.80. The van der Waals surface area contributed by atoms with Gasteiger partial charge in [0.25, 0.3) is 5.91 Å². The van der Waals surface area contributed by atoms with Crippen LogP contribution in [0, 0.1) is 0 Å². The molecule has 4 heteroatoms. The fraction of sp³-hybridized carbons (Fsp3) is 0.240. The van der Waals surface area contributed by atoms with Crippen molar-refractivity contribution in [3.63, 3.8) is 0 Å². The Morgan fingerprint density at radius 1 is 0.862 bits per heavy atom. The molecule has 0 unspecified atom stereocenters. The molecule has 0 aliphatic rings. The van der Waals surface area contributed by atoms with Gasteiger partial charge < -0.3 is 4.90 Å². The van der Waals surface area contributed by atoms with Gasteiger partial charge in [-0.25, -0.2) is 0 Å². The van der Waals surface area contributed by atoms with Crippen LogP contribution in [0.5, 0.6) is 0 Å². The monoisotopic (exact) mass is 383 g/mol. The van der Waals surface area contributed by atoms with Gasteiger partial charge in [0.2, 0.25) is 0 Å². The Morgan fingerprint density at radius 2 is 1.55 bits per heavy atom.